The molecule has 3 aromatic carbocycles. The maximum absolute atomic E-state index is 13.2. The molecule has 0 aliphatic heterocycles. The summed E-state index contributed by atoms with van der Waals surface area (Å²) < 4.78 is 47.3. The van der Waals surface area contributed by atoms with E-state index in [-0.39, 0.29) is 11.7 Å². The van der Waals surface area contributed by atoms with Crippen molar-refractivity contribution in [3.63, 3.8) is 0 Å². The second-order valence-electron chi connectivity index (χ2n) is 8.13. The van der Waals surface area contributed by atoms with Crippen molar-refractivity contribution in [2.75, 3.05) is 0 Å². The maximum atomic E-state index is 13.2. The molecule has 1 unspecified atom stereocenters. The van der Waals surface area contributed by atoms with Crippen LogP contribution < -0.4 is 4.74 Å². The van der Waals surface area contributed by atoms with Gasteiger partial charge in [0.05, 0.1) is 17.1 Å². The molecular weight excluding hydrogens is 417 g/mol. The number of alkyl halides is 3. The average molecular weight is 440 g/mol. The quantitative estimate of drug-likeness (QED) is 0.399. The number of hydrogen-bond donors (Lipinski definition) is 1. The first kappa shape index (κ1) is 21.9. The zero-order chi connectivity index (χ0) is 23.1. The monoisotopic (exact) mass is 440 g/mol. The van der Waals surface area contributed by atoms with Gasteiger partial charge in [-0.2, -0.15) is 13.2 Å². The zero-order valence-corrected chi connectivity index (χ0v) is 17.9. The molecule has 0 aliphatic rings. The van der Waals surface area contributed by atoms with Crippen LogP contribution in [0.25, 0.3) is 27.8 Å². The maximum Gasteiger partial charge on any atom is 0.421 e. The van der Waals surface area contributed by atoms with Gasteiger partial charge < -0.3 is 9.84 Å². The third-order valence-corrected chi connectivity index (χ3v) is 5.34. The van der Waals surface area contributed by atoms with Crippen molar-refractivity contribution in [1.82, 2.24) is 9.55 Å². The van der Waals surface area contributed by atoms with Gasteiger partial charge in [-0.1, -0.05) is 24.3 Å². The lowest BCUT2D eigenvalue weighted by Crippen LogP contribution is -2.39. The minimum Gasteiger partial charge on any atom is -0.491 e. The Kier molecular flexibility index (Phi) is 5.46. The number of fused-ring (bicyclic) bond motifs is 1. The van der Waals surface area contributed by atoms with Crippen LogP contribution in [0.2, 0.25) is 0 Å². The highest BCUT2D eigenvalue weighted by molar-refractivity contribution is 5.83. The lowest BCUT2D eigenvalue weighted by Gasteiger charge is -2.27. The molecule has 0 amide bonds. The molecule has 0 aliphatic carbocycles. The van der Waals surface area contributed by atoms with E-state index in [0.717, 1.165) is 23.9 Å². The molecule has 0 fully saturated rings. The highest BCUT2D eigenvalue weighted by atomic mass is 19.4. The van der Waals surface area contributed by atoms with E-state index < -0.39 is 11.8 Å². The molecule has 0 spiro atoms. The molecule has 1 atom stereocenters. The minimum atomic E-state index is -4.77. The lowest BCUT2D eigenvalue weighted by atomic mass is 9.92. The number of nitrogens with zero attached hydrogens (tertiary/aromatic N) is 2. The summed E-state index contributed by atoms with van der Waals surface area (Å²) in [5, 5.41) is 10.0. The summed E-state index contributed by atoms with van der Waals surface area (Å²) in [6, 6.07) is 19.1. The SMILES string of the molecule is CC(C)Oc1ccc(-n2cnc3cc(-c4cccc(C(C)(O)C(F)(F)F)c4)ccc32)cc1. The van der Waals surface area contributed by atoms with Gasteiger partial charge in [0, 0.05) is 5.69 Å². The second kappa shape index (κ2) is 7.98. The Morgan fingerprint density at radius 3 is 2.28 bits per heavy atom. The van der Waals surface area contributed by atoms with Gasteiger partial charge in [0.2, 0.25) is 0 Å². The van der Waals surface area contributed by atoms with Gasteiger partial charge in [-0.3, -0.25) is 4.57 Å². The van der Waals surface area contributed by atoms with Crippen molar-refractivity contribution in [3.8, 4) is 22.6 Å². The van der Waals surface area contributed by atoms with Crippen molar-refractivity contribution in [2.45, 2.75) is 38.7 Å². The summed E-state index contributed by atoms with van der Waals surface area (Å²) in [6.45, 7) is 4.69. The Balaban J connectivity index is 1.67. The van der Waals surface area contributed by atoms with E-state index in [9.17, 15) is 18.3 Å². The van der Waals surface area contributed by atoms with Crippen LogP contribution in [-0.2, 0) is 5.60 Å². The van der Waals surface area contributed by atoms with Crippen LogP contribution in [0.15, 0.2) is 73.1 Å². The fraction of sp³-hybridized carbons (Fsp3) is 0.240. The van der Waals surface area contributed by atoms with Gasteiger partial charge in [-0.15, -0.1) is 0 Å². The molecule has 4 rings (SSSR count). The summed E-state index contributed by atoms with van der Waals surface area (Å²) in [5.41, 5.74) is 0.626. The highest BCUT2D eigenvalue weighted by Crippen LogP contribution is 2.39. The van der Waals surface area contributed by atoms with E-state index in [4.69, 9.17) is 4.74 Å². The van der Waals surface area contributed by atoms with Gasteiger partial charge in [0.15, 0.2) is 5.60 Å². The number of ether oxygens (including phenoxy) is 1. The van der Waals surface area contributed by atoms with E-state index in [2.05, 4.69) is 4.98 Å². The normalized spacial score (nSPS) is 14.0. The molecule has 1 aromatic heterocycles. The average Bonchev–Trinajstić information content (AvgIpc) is 3.16. The van der Waals surface area contributed by atoms with Crippen molar-refractivity contribution in [2.24, 2.45) is 0 Å². The number of aromatic nitrogens is 2. The van der Waals surface area contributed by atoms with Crippen LogP contribution in [0.4, 0.5) is 13.2 Å². The first-order valence-corrected chi connectivity index (χ1v) is 10.2. The van der Waals surface area contributed by atoms with Crippen LogP contribution in [0, 0.1) is 0 Å². The van der Waals surface area contributed by atoms with Crippen LogP contribution in [0.5, 0.6) is 5.75 Å². The molecule has 0 radical (unpaired) electrons. The lowest BCUT2D eigenvalue weighted by molar-refractivity contribution is -0.258. The van der Waals surface area contributed by atoms with Crippen LogP contribution >= 0.6 is 0 Å². The number of benzene rings is 3. The molecule has 7 heteroatoms. The van der Waals surface area contributed by atoms with E-state index in [1.165, 1.54) is 18.2 Å². The number of aliphatic hydroxyl groups is 1. The number of hydrogen-bond acceptors (Lipinski definition) is 3. The molecule has 4 nitrogen and oxygen atoms in total. The minimum absolute atomic E-state index is 0.0895. The summed E-state index contributed by atoms with van der Waals surface area (Å²) >= 11 is 0. The molecule has 0 bridgehead atoms. The van der Waals surface area contributed by atoms with E-state index >= 15 is 0 Å². The van der Waals surface area contributed by atoms with Crippen LogP contribution in [-0.4, -0.2) is 26.9 Å². The van der Waals surface area contributed by atoms with Crippen LogP contribution in [0.1, 0.15) is 26.3 Å². The van der Waals surface area contributed by atoms with E-state index in [0.29, 0.717) is 16.6 Å². The fourth-order valence-corrected chi connectivity index (χ4v) is 3.52. The molecule has 166 valence electrons. The smallest absolute Gasteiger partial charge is 0.421 e. The van der Waals surface area contributed by atoms with E-state index in [1.807, 2.05) is 60.9 Å². The molecule has 1 N–H and O–H groups in total. The largest absolute Gasteiger partial charge is 0.491 e. The van der Waals surface area contributed by atoms with Crippen molar-refractivity contribution in [3.05, 3.63) is 78.6 Å². The fourth-order valence-electron chi connectivity index (χ4n) is 3.52. The van der Waals surface area contributed by atoms with Gasteiger partial charge in [0.1, 0.15) is 12.1 Å². The van der Waals surface area contributed by atoms with Crippen molar-refractivity contribution in [1.29, 1.82) is 0 Å². The van der Waals surface area contributed by atoms with Crippen molar-refractivity contribution < 1.29 is 23.0 Å². The molecule has 1 heterocycles. The first-order valence-electron chi connectivity index (χ1n) is 10.2. The van der Waals surface area contributed by atoms with Crippen molar-refractivity contribution >= 4 is 11.0 Å². The first-order chi connectivity index (χ1) is 15.1. The topological polar surface area (TPSA) is 47.3 Å². The number of rotatable bonds is 5. The molecular formula is C25H23F3N2O2. The van der Waals surface area contributed by atoms with Crippen LogP contribution in [0.3, 0.4) is 0 Å². The Labute approximate surface area is 183 Å². The third kappa shape index (κ3) is 4.08. The predicted molar refractivity (Wildman–Crippen MR) is 118 cm³/mol. The Bertz CT molecular complexity index is 1240. The number of imidazole rings is 1. The molecule has 4 aromatic rings. The summed E-state index contributed by atoms with van der Waals surface area (Å²) in [5.74, 6) is 0.782. The Morgan fingerprint density at radius 2 is 1.62 bits per heavy atom. The second-order valence-corrected chi connectivity index (χ2v) is 8.13. The summed E-state index contributed by atoms with van der Waals surface area (Å²) in [4.78, 5) is 4.46. The van der Waals surface area contributed by atoms with Gasteiger partial charge in [-0.25, -0.2) is 4.98 Å². The molecule has 32 heavy (non-hydrogen) atoms. The summed E-state index contributed by atoms with van der Waals surface area (Å²) in [6.07, 6.45) is -2.98. The van der Waals surface area contributed by atoms with Gasteiger partial charge >= 0.3 is 6.18 Å². The molecule has 0 saturated carbocycles. The standard InChI is InChI=1S/C25H23F3N2O2/c1-16(2)32-21-10-8-20(9-11-21)30-15-29-22-14-18(7-12-23(22)30)17-5-4-6-19(13-17)24(3,31)25(26,27)28/h4-16,31H,1-3H3. The Hall–Kier alpha value is -3.32. The predicted octanol–water partition coefficient (Wildman–Crippen LogP) is 6.25. The zero-order valence-electron chi connectivity index (χ0n) is 17.9. The summed E-state index contributed by atoms with van der Waals surface area (Å²) in [7, 11) is 0. The van der Waals surface area contributed by atoms with E-state index in [1.54, 1.807) is 12.4 Å². The third-order valence-electron chi connectivity index (χ3n) is 5.34. The molecule has 0 saturated heterocycles. The highest BCUT2D eigenvalue weighted by Gasteiger charge is 2.51. The van der Waals surface area contributed by atoms with Gasteiger partial charge in [-0.05, 0) is 79.9 Å². The van der Waals surface area contributed by atoms with Gasteiger partial charge in [0.25, 0.3) is 0 Å². The Morgan fingerprint density at radius 1 is 0.938 bits per heavy atom. The number of halogens is 3.